The molecule has 0 spiro atoms. The molecule has 4 N–H and O–H groups in total. The molecule has 34 heavy (non-hydrogen) atoms. The van der Waals surface area contributed by atoms with E-state index in [9.17, 15) is 15.0 Å². The van der Waals surface area contributed by atoms with Crippen LogP contribution in [0.3, 0.4) is 0 Å². The maximum absolute atomic E-state index is 12.1. The predicted octanol–water partition coefficient (Wildman–Crippen LogP) is 0.809. The Kier molecular flexibility index (Phi) is 5.74. The van der Waals surface area contributed by atoms with Crippen LogP contribution in [0.1, 0.15) is 11.8 Å². The lowest BCUT2D eigenvalue weighted by Gasteiger charge is -2.17. The van der Waals surface area contributed by atoms with Gasteiger partial charge in [-0.1, -0.05) is 30.3 Å². The summed E-state index contributed by atoms with van der Waals surface area (Å²) in [6, 6.07) is 13.7. The Bertz CT molecular complexity index is 1320. The van der Waals surface area contributed by atoms with Crippen LogP contribution in [0.25, 0.3) is 22.7 Å². The number of fused-ring (bicyclic) bond motifs is 1. The van der Waals surface area contributed by atoms with Gasteiger partial charge in [0.05, 0.1) is 12.0 Å². The number of ether oxygens (including phenoxy) is 1. The fraction of sp³-hybridized carbons (Fsp3) is 0.304. The van der Waals surface area contributed by atoms with Crippen LogP contribution in [0.15, 0.2) is 55.0 Å². The highest BCUT2D eigenvalue weighted by atomic mass is 16.6. The average molecular weight is 463 g/mol. The summed E-state index contributed by atoms with van der Waals surface area (Å²) in [6.45, 7) is 0.520. The zero-order valence-electron chi connectivity index (χ0n) is 18.7. The first-order valence-electron chi connectivity index (χ1n) is 10.8. The maximum Gasteiger partial charge on any atom is 0.251 e. The van der Waals surface area contributed by atoms with Gasteiger partial charge in [-0.05, 0) is 17.7 Å². The number of anilines is 1. The van der Waals surface area contributed by atoms with Crippen molar-refractivity contribution in [2.24, 2.45) is 7.05 Å². The van der Waals surface area contributed by atoms with Gasteiger partial charge in [0.2, 0.25) is 0 Å². The number of aromatic nitrogens is 5. The number of aliphatic hydroxyl groups excluding tert-OH is 2. The van der Waals surface area contributed by atoms with Crippen molar-refractivity contribution < 1.29 is 19.7 Å². The van der Waals surface area contributed by atoms with Gasteiger partial charge in [-0.3, -0.25) is 9.36 Å². The molecule has 3 unspecified atom stereocenters. The third-order valence-corrected chi connectivity index (χ3v) is 5.91. The first-order valence-corrected chi connectivity index (χ1v) is 10.8. The van der Waals surface area contributed by atoms with Gasteiger partial charge in [0.15, 0.2) is 35.1 Å². The van der Waals surface area contributed by atoms with E-state index in [0.717, 1.165) is 11.3 Å². The maximum atomic E-state index is 12.1. The van der Waals surface area contributed by atoms with Gasteiger partial charge < -0.3 is 30.2 Å². The summed E-state index contributed by atoms with van der Waals surface area (Å²) in [5.41, 5.74) is 2.73. The van der Waals surface area contributed by atoms with Crippen LogP contribution in [-0.4, -0.2) is 65.6 Å². The van der Waals surface area contributed by atoms with Crippen molar-refractivity contribution in [1.29, 1.82) is 0 Å². The number of benzene rings is 1. The van der Waals surface area contributed by atoms with E-state index in [4.69, 9.17) is 14.7 Å². The third kappa shape index (κ3) is 3.79. The van der Waals surface area contributed by atoms with Gasteiger partial charge in [0.1, 0.15) is 12.2 Å². The van der Waals surface area contributed by atoms with Crippen molar-refractivity contribution in [3.63, 3.8) is 0 Å². The number of likely N-dealkylation sites (N-methyl/N-ethyl adjacent to an activating group) is 1. The number of imidazole rings is 1. The van der Waals surface area contributed by atoms with Gasteiger partial charge in [-0.25, -0.2) is 15.0 Å². The Morgan fingerprint density at radius 1 is 1.12 bits per heavy atom. The zero-order valence-corrected chi connectivity index (χ0v) is 18.7. The van der Waals surface area contributed by atoms with Crippen LogP contribution in [0.4, 0.5) is 5.82 Å². The van der Waals surface area contributed by atoms with Crippen LogP contribution in [0.2, 0.25) is 0 Å². The molecule has 1 saturated heterocycles. The molecule has 4 aromatic rings. The number of nitrogens with one attached hydrogen (secondary N) is 2. The van der Waals surface area contributed by atoms with Gasteiger partial charge in [0.25, 0.3) is 5.91 Å². The highest BCUT2D eigenvalue weighted by molar-refractivity contribution is 5.85. The van der Waals surface area contributed by atoms with Crippen LogP contribution in [0.5, 0.6) is 0 Å². The molecule has 11 nitrogen and oxygen atoms in total. The molecule has 1 fully saturated rings. The second-order valence-corrected chi connectivity index (χ2v) is 8.11. The topological polar surface area (TPSA) is 139 Å². The molecule has 4 atom stereocenters. The lowest BCUT2D eigenvalue weighted by Crippen LogP contribution is -2.41. The van der Waals surface area contributed by atoms with E-state index in [1.54, 1.807) is 0 Å². The van der Waals surface area contributed by atoms with Crippen molar-refractivity contribution in [1.82, 2.24) is 29.4 Å². The van der Waals surface area contributed by atoms with E-state index in [2.05, 4.69) is 15.6 Å². The first kappa shape index (κ1) is 22.0. The quantitative estimate of drug-likeness (QED) is 0.329. The molecule has 1 aromatic carbocycles. The zero-order chi connectivity index (χ0) is 23.8. The molecule has 11 heteroatoms. The number of aryl methyl sites for hydroxylation is 1. The Morgan fingerprint density at radius 3 is 2.62 bits per heavy atom. The fourth-order valence-electron chi connectivity index (χ4n) is 4.06. The van der Waals surface area contributed by atoms with Crippen molar-refractivity contribution in [3.05, 3.63) is 60.6 Å². The van der Waals surface area contributed by atoms with E-state index >= 15 is 0 Å². The number of rotatable bonds is 6. The number of aliphatic hydroxyl groups is 2. The first-order chi connectivity index (χ1) is 16.5. The van der Waals surface area contributed by atoms with Gasteiger partial charge >= 0.3 is 0 Å². The summed E-state index contributed by atoms with van der Waals surface area (Å²) in [5, 5.41) is 26.8. The van der Waals surface area contributed by atoms with E-state index in [0.29, 0.717) is 29.4 Å². The van der Waals surface area contributed by atoms with Crippen molar-refractivity contribution in [3.8, 4) is 11.5 Å². The Hall–Kier alpha value is -3.80. The fourth-order valence-corrected chi connectivity index (χ4v) is 4.06. The number of carbonyl (C=O) groups excluding carboxylic acids is 1. The predicted molar refractivity (Wildman–Crippen MR) is 123 cm³/mol. The molecular formula is C23H25N7O4. The van der Waals surface area contributed by atoms with E-state index in [1.807, 2.05) is 60.3 Å². The van der Waals surface area contributed by atoms with Gasteiger partial charge in [0, 0.05) is 26.8 Å². The molecule has 1 aliphatic rings. The SMILES string of the molecule is CNC(=O)[C@@H]1OC(n2cnc3c(NCc4ccccc4)nc(-c4cccn4C)nc32)C(O)C1O. The Labute approximate surface area is 195 Å². The molecule has 1 amide bonds. The molecule has 0 bridgehead atoms. The van der Waals surface area contributed by atoms with Crippen LogP contribution < -0.4 is 10.6 Å². The monoisotopic (exact) mass is 463 g/mol. The Morgan fingerprint density at radius 2 is 1.91 bits per heavy atom. The van der Waals surface area contributed by atoms with Crippen LogP contribution in [-0.2, 0) is 23.1 Å². The van der Waals surface area contributed by atoms with Gasteiger partial charge in [-0.15, -0.1) is 0 Å². The average Bonchev–Trinajstić information content (AvgIpc) is 3.55. The lowest BCUT2D eigenvalue weighted by atomic mass is 10.1. The highest BCUT2D eigenvalue weighted by Crippen LogP contribution is 2.33. The lowest BCUT2D eigenvalue weighted by molar-refractivity contribution is -0.137. The molecule has 1 aliphatic heterocycles. The van der Waals surface area contributed by atoms with E-state index < -0.39 is 30.4 Å². The number of carbonyl (C=O) groups is 1. The Balaban J connectivity index is 1.58. The third-order valence-electron chi connectivity index (χ3n) is 5.91. The molecular weight excluding hydrogens is 438 g/mol. The molecule has 0 aliphatic carbocycles. The second kappa shape index (κ2) is 8.86. The summed E-state index contributed by atoms with van der Waals surface area (Å²) in [7, 11) is 3.33. The van der Waals surface area contributed by atoms with Crippen LogP contribution >= 0.6 is 0 Å². The highest BCUT2D eigenvalue weighted by Gasteiger charge is 2.47. The molecule has 0 radical (unpaired) electrons. The number of amides is 1. The molecule has 5 rings (SSSR count). The largest absolute Gasteiger partial charge is 0.387 e. The summed E-state index contributed by atoms with van der Waals surface area (Å²) in [5.74, 6) is 0.440. The normalized spacial score (nSPS) is 22.2. The van der Waals surface area contributed by atoms with Crippen molar-refractivity contribution >= 4 is 22.9 Å². The molecule has 176 valence electrons. The summed E-state index contributed by atoms with van der Waals surface area (Å²) < 4.78 is 9.16. The smallest absolute Gasteiger partial charge is 0.251 e. The summed E-state index contributed by atoms with van der Waals surface area (Å²) in [4.78, 5) is 26.0. The van der Waals surface area contributed by atoms with Crippen LogP contribution in [0, 0.1) is 0 Å². The van der Waals surface area contributed by atoms with Gasteiger partial charge in [-0.2, -0.15) is 0 Å². The summed E-state index contributed by atoms with van der Waals surface area (Å²) in [6.07, 6.45) is -1.66. The standard InChI is InChI=1S/C23H25N7O4/c1-24-22(33)18-16(31)17(32)23(34-18)30-12-26-15-20(25-11-13-7-4-3-5-8-13)27-19(28-21(15)30)14-9-6-10-29(14)2/h3-10,12,16-18,23,31-32H,11H2,1-2H3,(H,24,33)(H,25,27,28)/t16?,17?,18-,23?/m1/s1. The second-order valence-electron chi connectivity index (χ2n) is 8.11. The molecule has 0 saturated carbocycles. The molecule has 4 heterocycles. The van der Waals surface area contributed by atoms with Crippen molar-refractivity contribution in [2.45, 2.75) is 31.1 Å². The minimum atomic E-state index is -1.40. The minimum absolute atomic E-state index is 0.399. The van der Waals surface area contributed by atoms with E-state index in [1.165, 1.54) is 17.9 Å². The summed E-state index contributed by atoms with van der Waals surface area (Å²) >= 11 is 0. The molecule has 3 aromatic heterocycles. The minimum Gasteiger partial charge on any atom is -0.387 e. The van der Waals surface area contributed by atoms with Crippen molar-refractivity contribution in [2.75, 3.05) is 12.4 Å². The van der Waals surface area contributed by atoms with E-state index in [-0.39, 0.29) is 0 Å². The number of hydrogen-bond donors (Lipinski definition) is 4. The number of hydrogen-bond acceptors (Lipinski definition) is 8. The number of nitrogens with zero attached hydrogens (tertiary/aromatic N) is 5.